The summed E-state index contributed by atoms with van der Waals surface area (Å²) >= 11 is 0. The van der Waals surface area contributed by atoms with Crippen LogP contribution in [-0.4, -0.2) is 42.5 Å². The molecule has 0 unspecified atom stereocenters. The number of rotatable bonds is 9. The number of carbonyl (C=O) groups is 2. The number of carbonyl (C=O) groups excluding carboxylic acids is 2. The fraction of sp³-hybridized carbons (Fsp3) is 0.619. The minimum Gasteiger partial charge on any atom is -0.481 e. The summed E-state index contributed by atoms with van der Waals surface area (Å²) in [5, 5.41) is 2.83. The molecule has 0 fully saturated rings. The molecule has 1 aromatic carbocycles. The molecule has 1 N–H and O–H groups in total. The molecule has 146 valence electrons. The lowest BCUT2D eigenvalue weighted by atomic mass is 9.87. The SMILES string of the molecule is CCN(CC)C(=O)CCCNC(=O)[C@H](C)Oc1ccc(C(C)(C)C)cc1. The van der Waals surface area contributed by atoms with Gasteiger partial charge in [-0.1, -0.05) is 32.9 Å². The summed E-state index contributed by atoms with van der Waals surface area (Å²) in [6.07, 6.45) is 0.508. The third kappa shape index (κ3) is 7.06. The van der Waals surface area contributed by atoms with Crippen molar-refractivity contribution in [3.05, 3.63) is 29.8 Å². The van der Waals surface area contributed by atoms with Crippen LogP contribution in [0.4, 0.5) is 0 Å². The van der Waals surface area contributed by atoms with E-state index in [-0.39, 0.29) is 17.2 Å². The maximum Gasteiger partial charge on any atom is 0.260 e. The van der Waals surface area contributed by atoms with Crippen molar-refractivity contribution in [2.24, 2.45) is 0 Å². The van der Waals surface area contributed by atoms with E-state index in [1.807, 2.05) is 38.1 Å². The molecule has 1 aromatic rings. The highest BCUT2D eigenvalue weighted by Gasteiger charge is 2.16. The van der Waals surface area contributed by atoms with Gasteiger partial charge in [-0.05, 0) is 50.3 Å². The summed E-state index contributed by atoms with van der Waals surface area (Å²) in [5.41, 5.74) is 1.31. The smallest absolute Gasteiger partial charge is 0.260 e. The highest BCUT2D eigenvalue weighted by atomic mass is 16.5. The Morgan fingerprint density at radius 2 is 1.69 bits per heavy atom. The van der Waals surface area contributed by atoms with Crippen molar-refractivity contribution >= 4 is 11.8 Å². The van der Waals surface area contributed by atoms with Gasteiger partial charge in [0.2, 0.25) is 5.91 Å². The standard InChI is InChI=1S/C21H34N2O3/c1-7-23(8-2)19(24)10-9-15-22-20(25)16(3)26-18-13-11-17(12-14-18)21(4,5)6/h11-14,16H,7-10,15H2,1-6H3,(H,22,25)/t16-/m0/s1. The van der Waals surface area contributed by atoms with E-state index in [2.05, 4.69) is 26.1 Å². The summed E-state index contributed by atoms with van der Waals surface area (Å²) < 4.78 is 5.71. The maximum absolute atomic E-state index is 12.1. The van der Waals surface area contributed by atoms with Crippen LogP contribution < -0.4 is 10.1 Å². The van der Waals surface area contributed by atoms with Crippen molar-refractivity contribution < 1.29 is 14.3 Å². The fourth-order valence-corrected chi connectivity index (χ4v) is 2.62. The molecule has 5 nitrogen and oxygen atoms in total. The molecular formula is C21H34N2O3. The summed E-state index contributed by atoms with van der Waals surface area (Å²) in [5.74, 6) is 0.644. The van der Waals surface area contributed by atoms with E-state index in [0.717, 1.165) is 13.1 Å². The number of nitrogens with zero attached hydrogens (tertiary/aromatic N) is 1. The minimum atomic E-state index is -0.575. The second-order valence-corrected chi connectivity index (χ2v) is 7.50. The first-order valence-electron chi connectivity index (χ1n) is 9.51. The van der Waals surface area contributed by atoms with E-state index in [1.165, 1.54) is 5.56 Å². The number of hydrogen-bond donors (Lipinski definition) is 1. The van der Waals surface area contributed by atoms with Crippen LogP contribution in [0.5, 0.6) is 5.75 Å². The Balaban J connectivity index is 2.38. The van der Waals surface area contributed by atoms with Gasteiger partial charge in [0.25, 0.3) is 5.91 Å². The predicted molar refractivity (Wildman–Crippen MR) is 105 cm³/mol. The maximum atomic E-state index is 12.1. The first-order valence-corrected chi connectivity index (χ1v) is 9.51. The highest BCUT2D eigenvalue weighted by molar-refractivity contribution is 5.80. The van der Waals surface area contributed by atoms with Gasteiger partial charge in [0.1, 0.15) is 5.75 Å². The quantitative estimate of drug-likeness (QED) is 0.684. The number of hydrogen-bond acceptors (Lipinski definition) is 3. The van der Waals surface area contributed by atoms with Crippen LogP contribution in [-0.2, 0) is 15.0 Å². The zero-order chi connectivity index (χ0) is 19.7. The lowest BCUT2D eigenvalue weighted by Gasteiger charge is -2.20. The average Bonchev–Trinajstić information content (AvgIpc) is 2.59. The van der Waals surface area contributed by atoms with E-state index in [4.69, 9.17) is 4.74 Å². The van der Waals surface area contributed by atoms with Gasteiger partial charge in [-0.25, -0.2) is 0 Å². The Labute approximate surface area is 158 Å². The highest BCUT2D eigenvalue weighted by Crippen LogP contribution is 2.24. The average molecular weight is 363 g/mol. The van der Waals surface area contributed by atoms with Crippen molar-refractivity contribution in [2.75, 3.05) is 19.6 Å². The fourth-order valence-electron chi connectivity index (χ4n) is 2.62. The number of amides is 2. The van der Waals surface area contributed by atoms with E-state index < -0.39 is 6.10 Å². The van der Waals surface area contributed by atoms with E-state index in [1.54, 1.807) is 11.8 Å². The van der Waals surface area contributed by atoms with Crippen molar-refractivity contribution in [3.63, 3.8) is 0 Å². The normalized spacial score (nSPS) is 12.4. The van der Waals surface area contributed by atoms with Crippen LogP contribution in [0.2, 0.25) is 0 Å². The van der Waals surface area contributed by atoms with Gasteiger partial charge in [-0.3, -0.25) is 9.59 Å². The summed E-state index contributed by atoms with van der Waals surface area (Å²) in [6, 6.07) is 7.85. The van der Waals surface area contributed by atoms with E-state index in [9.17, 15) is 9.59 Å². The van der Waals surface area contributed by atoms with Gasteiger partial charge in [-0.2, -0.15) is 0 Å². The number of ether oxygens (including phenoxy) is 1. The molecule has 0 spiro atoms. The largest absolute Gasteiger partial charge is 0.481 e. The molecular weight excluding hydrogens is 328 g/mol. The molecule has 2 amide bonds. The lowest BCUT2D eigenvalue weighted by molar-refractivity contribution is -0.131. The topological polar surface area (TPSA) is 58.6 Å². The van der Waals surface area contributed by atoms with Crippen LogP contribution in [0.1, 0.15) is 59.9 Å². The van der Waals surface area contributed by atoms with Crippen LogP contribution in [0.3, 0.4) is 0 Å². The molecule has 0 aliphatic carbocycles. The molecule has 0 saturated heterocycles. The predicted octanol–water partition coefficient (Wildman–Crippen LogP) is 3.52. The van der Waals surface area contributed by atoms with Gasteiger partial charge in [-0.15, -0.1) is 0 Å². The second-order valence-electron chi connectivity index (χ2n) is 7.50. The Morgan fingerprint density at radius 3 is 2.19 bits per heavy atom. The van der Waals surface area contributed by atoms with Crippen molar-refractivity contribution in [1.82, 2.24) is 10.2 Å². The molecule has 0 aromatic heterocycles. The van der Waals surface area contributed by atoms with Gasteiger partial charge in [0.05, 0.1) is 0 Å². The minimum absolute atomic E-state index is 0.0874. The van der Waals surface area contributed by atoms with Gasteiger partial charge < -0.3 is 15.0 Å². The second kappa shape index (κ2) is 10.2. The molecule has 0 aliphatic rings. The summed E-state index contributed by atoms with van der Waals surface area (Å²) in [4.78, 5) is 25.8. The Hall–Kier alpha value is -2.04. The van der Waals surface area contributed by atoms with Crippen molar-refractivity contribution in [3.8, 4) is 5.75 Å². The van der Waals surface area contributed by atoms with Gasteiger partial charge in [0.15, 0.2) is 6.10 Å². The summed E-state index contributed by atoms with van der Waals surface area (Å²) in [6.45, 7) is 14.1. The van der Waals surface area contributed by atoms with Crippen molar-refractivity contribution in [2.45, 2.75) is 65.9 Å². The molecule has 0 radical (unpaired) electrons. The van der Waals surface area contributed by atoms with E-state index >= 15 is 0 Å². The number of nitrogens with one attached hydrogen (secondary N) is 1. The van der Waals surface area contributed by atoms with E-state index in [0.29, 0.717) is 25.1 Å². The molecule has 1 atom stereocenters. The Morgan fingerprint density at radius 1 is 1.12 bits per heavy atom. The molecule has 5 heteroatoms. The van der Waals surface area contributed by atoms with Crippen LogP contribution >= 0.6 is 0 Å². The zero-order valence-corrected chi connectivity index (χ0v) is 17.1. The molecule has 0 saturated carbocycles. The third-order valence-corrected chi connectivity index (χ3v) is 4.39. The molecule has 0 aliphatic heterocycles. The first-order chi connectivity index (χ1) is 12.2. The van der Waals surface area contributed by atoms with Crippen molar-refractivity contribution in [1.29, 1.82) is 0 Å². The van der Waals surface area contributed by atoms with Gasteiger partial charge >= 0.3 is 0 Å². The van der Waals surface area contributed by atoms with Gasteiger partial charge in [0, 0.05) is 26.1 Å². The third-order valence-electron chi connectivity index (χ3n) is 4.39. The summed E-state index contributed by atoms with van der Waals surface area (Å²) in [7, 11) is 0. The Kier molecular flexibility index (Phi) is 8.62. The Bertz CT molecular complexity index is 572. The monoisotopic (exact) mass is 362 g/mol. The first kappa shape index (κ1) is 22.0. The lowest BCUT2D eigenvalue weighted by Crippen LogP contribution is -2.37. The molecule has 0 bridgehead atoms. The van der Waals surface area contributed by atoms with Crippen LogP contribution in [0.25, 0.3) is 0 Å². The van der Waals surface area contributed by atoms with Crippen LogP contribution in [0, 0.1) is 0 Å². The zero-order valence-electron chi connectivity index (χ0n) is 17.1. The molecule has 0 heterocycles. The van der Waals surface area contributed by atoms with Crippen LogP contribution in [0.15, 0.2) is 24.3 Å². The number of benzene rings is 1. The molecule has 26 heavy (non-hydrogen) atoms. The molecule has 1 rings (SSSR count).